The molecule has 3 heterocycles. The van der Waals surface area contributed by atoms with E-state index in [0.29, 0.717) is 5.95 Å². The second kappa shape index (κ2) is 5.14. The van der Waals surface area contributed by atoms with Crippen molar-refractivity contribution >= 4 is 17.5 Å². The van der Waals surface area contributed by atoms with Crippen LogP contribution in [0, 0.1) is 0 Å². The maximum atomic E-state index is 12.6. The van der Waals surface area contributed by atoms with Gasteiger partial charge in [0.05, 0.1) is 0 Å². The van der Waals surface area contributed by atoms with Gasteiger partial charge in [-0.3, -0.25) is 0 Å². The molecule has 0 unspecified atom stereocenters. The van der Waals surface area contributed by atoms with Gasteiger partial charge in [0.2, 0.25) is 11.2 Å². The standard InChI is InChI=1S/C11H10ClF3N6/c12-8-16-9(20-4-1-2-5-20)18-10(17-8)21-6-3-7(19-21)11(13,14)15/h3,6H,1-2,4-5H2. The third-order valence-electron chi connectivity index (χ3n) is 3.06. The highest BCUT2D eigenvalue weighted by molar-refractivity contribution is 6.28. The maximum Gasteiger partial charge on any atom is 0.435 e. The molecule has 6 nitrogen and oxygen atoms in total. The Hall–Kier alpha value is -1.90. The van der Waals surface area contributed by atoms with E-state index in [2.05, 4.69) is 20.1 Å². The summed E-state index contributed by atoms with van der Waals surface area (Å²) in [4.78, 5) is 13.9. The Balaban J connectivity index is 1.96. The van der Waals surface area contributed by atoms with Crippen molar-refractivity contribution < 1.29 is 13.2 Å². The van der Waals surface area contributed by atoms with Gasteiger partial charge >= 0.3 is 6.18 Å². The molecule has 0 bridgehead atoms. The van der Waals surface area contributed by atoms with Crippen LogP contribution < -0.4 is 4.90 Å². The molecule has 0 N–H and O–H groups in total. The third-order valence-corrected chi connectivity index (χ3v) is 3.23. The van der Waals surface area contributed by atoms with Gasteiger partial charge in [0, 0.05) is 19.3 Å². The summed E-state index contributed by atoms with van der Waals surface area (Å²) in [5.74, 6) is 0.318. The van der Waals surface area contributed by atoms with Crippen LogP contribution in [0.25, 0.3) is 5.95 Å². The van der Waals surface area contributed by atoms with E-state index in [0.717, 1.165) is 42.9 Å². The molecule has 0 atom stereocenters. The van der Waals surface area contributed by atoms with E-state index < -0.39 is 11.9 Å². The molecule has 1 aliphatic heterocycles. The highest BCUT2D eigenvalue weighted by atomic mass is 35.5. The molecule has 10 heteroatoms. The Morgan fingerprint density at radius 3 is 2.33 bits per heavy atom. The molecule has 21 heavy (non-hydrogen) atoms. The van der Waals surface area contributed by atoms with Crippen LogP contribution in [-0.4, -0.2) is 37.8 Å². The first-order valence-electron chi connectivity index (χ1n) is 6.23. The monoisotopic (exact) mass is 318 g/mol. The minimum Gasteiger partial charge on any atom is -0.341 e. The summed E-state index contributed by atoms with van der Waals surface area (Å²) >= 11 is 5.82. The Kier molecular flexibility index (Phi) is 3.44. The number of nitrogens with zero attached hydrogens (tertiary/aromatic N) is 6. The Morgan fingerprint density at radius 1 is 1.05 bits per heavy atom. The lowest BCUT2D eigenvalue weighted by Gasteiger charge is -2.15. The predicted octanol–water partition coefficient (Wildman–Crippen LogP) is 2.33. The molecule has 3 rings (SSSR count). The van der Waals surface area contributed by atoms with Crippen LogP contribution in [0.2, 0.25) is 5.28 Å². The lowest BCUT2D eigenvalue weighted by Crippen LogP contribution is -2.22. The van der Waals surface area contributed by atoms with Crippen LogP contribution >= 0.6 is 11.6 Å². The van der Waals surface area contributed by atoms with Crippen molar-refractivity contribution in [1.82, 2.24) is 24.7 Å². The topological polar surface area (TPSA) is 59.7 Å². The van der Waals surface area contributed by atoms with E-state index in [9.17, 15) is 13.2 Å². The molecule has 0 saturated carbocycles. The van der Waals surface area contributed by atoms with E-state index in [1.165, 1.54) is 0 Å². The summed E-state index contributed by atoms with van der Waals surface area (Å²) in [6.45, 7) is 1.57. The summed E-state index contributed by atoms with van der Waals surface area (Å²) in [6, 6.07) is 0.854. The molecule has 1 aliphatic rings. The van der Waals surface area contributed by atoms with Crippen molar-refractivity contribution in [3.8, 4) is 5.95 Å². The second-order valence-corrected chi connectivity index (χ2v) is 4.88. The molecule has 2 aromatic heterocycles. The second-order valence-electron chi connectivity index (χ2n) is 4.54. The van der Waals surface area contributed by atoms with Crippen molar-refractivity contribution in [3.63, 3.8) is 0 Å². The Labute approximate surface area is 122 Å². The number of alkyl halides is 3. The maximum absolute atomic E-state index is 12.6. The van der Waals surface area contributed by atoms with Crippen LogP contribution in [0.1, 0.15) is 18.5 Å². The predicted molar refractivity (Wildman–Crippen MR) is 68.4 cm³/mol. The van der Waals surface area contributed by atoms with E-state index >= 15 is 0 Å². The average Bonchev–Trinajstić information content (AvgIpc) is 3.09. The molecule has 1 saturated heterocycles. The molecule has 0 aromatic carbocycles. The van der Waals surface area contributed by atoms with Gasteiger partial charge in [-0.2, -0.15) is 33.2 Å². The normalized spacial score (nSPS) is 15.7. The van der Waals surface area contributed by atoms with E-state index in [4.69, 9.17) is 11.6 Å². The summed E-state index contributed by atoms with van der Waals surface area (Å²) in [5.41, 5.74) is -1.01. The van der Waals surface area contributed by atoms with Crippen molar-refractivity contribution in [1.29, 1.82) is 0 Å². The van der Waals surface area contributed by atoms with Gasteiger partial charge in [-0.25, -0.2) is 4.68 Å². The fourth-order valence-corrected chi connectivity index (χ4v) is 2.23. The zero-order chi connectivity index (χ0) is 15.0. The van der Waals surface area contributed by atoms with Gasteiger partial charge in [-0.05, 0) is 30.5 Å². The first-order valence-corrected chi connectivity index (χ1v) is 6.61. The van der Waals surface area contributed by atoms with Crippen molar-refractivity contribution in [2.75, 3.05) is 18.0 Å². The van der Waals surface area contributed by atoms with Crippen LogP contribution in [0.15, 0.2) is 12.3 Å². The largest absolute Gasteiger partial charge is 0.435 e. The van der Waals surface area contributed by atoms with Gasteiger partial charge in [-0.1, -0.05) is 0 Å². The molecule has 0 amide bonds. The van der Waals surface area contributed by atoms with Crippen LogP contribution in [0.5, 0.6) is 0 Å². The van der Waals surface area contributed by atoms with Crippen LogP contribution in [0.3, 0.4) is 0 Å². The fourth-order valence-electron chi connectivity index (χ4n) is 2.08. The minimum absolute atomic E-state index is 0.0348. The van der Waals surface area contributed by atoms with Gasteiger partial charge < -0.3 is 4.90 Å². The zero-order valence-corrected chi connectivity index (χ0v) is 11.4. The fraction of sp³-hybridized carbons (Fsp3) is 0.455. The first-order chi connectivity index (χ1) is 9.93. The Bertz CT molecular complexity index is 650. The summed E-state index contributed by atoms with van der Waals surface area (Å²) < 4.78 is 38.6. The minimum atomic E-state index is -4.51. The summed E-state index contributed by atoms with van der Waals surface area (Å²) in [6.07, 6.45) is -1.35. The number of halogens is 4. The summed E-state index contributed by atoms with van der Waals surface area (Å²) in [7, 11) is 0. The van der Waals surface area contributed by atoms with Crippen molar-refractivity contribution in [2.45, 2.75) is 19.0 Å². The molecule has 0 radical (unpaired) electrons. The van der Waals surface area contributed by atoms with E-state index in [1.807, 2.05) is 4.90 Å². The lowest BCUT2D eigenvalue weighted by molar-refractivity contribution is -0.141. The van der Waals surface area contributed by atoms with E-state index in [1.54, 1.807) is 0 Å². The molecule has 1 fully saturated rings. The number of hydrogen-bond acceptors (Lipinski definition) is 5. The van der Waals surface area contributed by atoms with Crippen molar-refractivity contribution in [3.05, 3.63) is 23.2 Å². The molecular weight excluding hydrogens is 309 g/mol. The SMILES string of the molecule is FC(F)(F)c1ccn(-c2nc(Cl)nc(N3CCCC3)n2)n1. The molecule has 0 spiro atoms. The van der Waals surface area contributed by atoms with Gasteiger partial charge in [0.1, 0.15) is 0 Å². The molecular formula is C11H10ClF3N6. The number of rotatable bonds is 2. The highest BCUT2D eigenvalue weighted by Crippen LogP contribution is 2.27. The summed E-state index contributed by atoms with van der Waals surface area (Å²) in [5, 5.41) is 3.34. The van der Waals surface area contributed by atoms with Gasteiger partial charge in [0.25, 0.3) is 5.95 Å². The highest BCUT2D eigenvalue weighted by Gasteiger charge is 2.34. The smallest absolute Gasteiger partial charge is 0.341 e. The quantitative estimate of drug-likeness (QED) is 0.850. The first kappa shape index (κ1) is 14.1. The molecule has 112 valence electrons. The molecule has 2 aromatic rings. The zero-order valence-electron chi connectivity index (χ0n) is 10.7. The number of anilines is 1. The van der Waals surface area contributed by atoms with E-state index in [-0.39, 0.29) is 11.2 Å². The average molecular weight is 319 g/mol. The lowest BCUT2D eigenvalue weighted by atomic mass is 10.4. The Morgan fingerprint density at radius 2 is 1.71 bits per heavy atom. The third kappa shape index (κ3) is 2.92. The number of hydrogen-bond donors (Lipinski definition) is 0. The number of aromatic nitrogens is 5. The van der Waals surface area contributed by atoms with Gasteiger partial charge in [-0.15, -0.1) is 0 Å². The van der Waals surface area contributed by atoms with Crippen LogP contribution in [-0.2, 0) is 6.18 Å². The van der Waals surface area contributed by atoms with Crippen molar-refractivity contribution in [2.24, 2.45) is 0 Å². The molecule has 0 aliphatic carbocycles. The van der Waals surface area contributed by atoms with Gasteiger partial charge in [0.15, 0.2) is 5.69 Å². The van der Waals surface area contributed by atoms with Crippen LogP contribution in [0.4, 0.5) is 19.1 Å².